The summed E-state index contributed by atoms with van der Waals surface area (Å²) >= 11 is 0. The Morgan fingerprint density at radius 1 is 1.17 bits per heavy atom. The van der Waals surface area contributed by atoms with E-state index in [1.165, 1.54) is 30.3 Å². The van der Waals surface area contributed by atoms with Crippen LogP contribution in [-0.2, 0) is 14.3 Å². The number of carboxylic acid groups (broad SMARTS) is 1. The lowest BCUT2D eigenvalue weighted by molar-refractivity contribution is -0.145. The first-order valence-corrected chi connectivity index (χ1v) is 8.58. The highest BCUT2D eigenvalue weighted by molar-refractivity contribution is 6.10. The highest BCUT2D eigenvalue weighted by Crippen LogP contribution is 2.16. The van der Waals surface area contributed by atoms with Crippen LogP contribution in [-0.4, -0.2) is 36.2 Å². The molecule has 1 amide bonds. The fourth-order valence-corrected chi connectivity index (χ4v) is 2.25. The van der Waals surface area contributed by atoms with E-state index in [2.05, 4.69) is 5.32 Å². The zero-order valence-corrected chi connectivity index (χ0v) is 15.5. The lowest BCUT2D eigenvalue weighted by Gasteiger charge is -2.07. The molecule has 0 aromatic heterocycles. The molecule has 29 heavy (non-hydrogen) atoms. The summed E-state index contributed by atoms with van der Waals surface area (Å²) in [6.07, 6.45) is 1.38. The maximum absolute atomic E-state index is 12.3. The van der Waals surface area contributed by atoms with Gasteiger partial charge in [-0.2, -0.15) is 5.26 Å². The van der Waals surface area contributed by atoms with Crippen molar-refractivity contribution in [3.8, 4) is 11.8 Å². The highest BCUT2D eigenvalue weighted by Gasteiger charge is 2.11. The SMILES string of the molecule is CCOC(=O)COc1ccc(/C=C(/C#N)C(=O)Nc2cccc(C(=O)O)c2)cc1. The van der Waals surface area contributed by atoms with Gasteiger partial charge in [0.05, 0.1) is 12.2 Å². The monoisotopic (exact) mass is 394 g/mol. The van der Waals surface area contributed by atoms with Crippen LogP contribution in [0.15, 0.2) is 54.1 Å². The van der Waals surface area contributed by atoms with Gasteiger partial charge in [0.2, 0.25) is 0 Å². The van der Waals surface area contributed by atoms with Gasteiger partial charge in [0.15, 0.2) is 6.61 Å². The number of esters is 1. The molecule has 2 N–H and O–H groups in total. The summed E-state index contributed by atoms with van der Waals surface area (Å²) in [6, 6.07) is 13.9. The van der Waals surface area contributed by atoms with Crippen molar-refractivity contribution in [1.29, 1.82) is 5.26 Å². The van der Waals surface area contributed by atoms with Gasteiger partial charge < -0.3 is 19.9 Å². The van der Waals surface area contributed by atoms with Crippen LogP contribution in [0.1, 0.15) is 22.8 Å². The Labute approximate surface area is 167 Å². The van der Waals surface area contributed by atoms with Crippen molar-refractivity contribution in [2.24, 2.45) is 0 Å². The largest absolute Gasteiger partial charge is 0.482 e. The van der Waals surface area contributed by atoms with E-state index < -0.39 is 17.8 Å². The van der Waals surface area contributed by atoms with E-state index in [1.54, 1.807) is 31.2 Å². The number of benzene rings is 2. The molecule has 8 heteroatoms. The summed E-state index contributed by atoms with van der Waals surface area (Å²) in [4.78, 5) is 34.6. The number of anilines is 1. The predicted octanol–water partition coefficient (Wildman–Crippen LogP) is 2.87. The summed E-state index contributed by atoms with van der Waals surface area (Å²) < 4.78 is 10.0. The molecule has 8 nitrogen and oxygen atoms in total. The van der Waals surface area contributed by atoms with Crippen LogP contribution in [0.25, 0.3) is 6.08 Å². The summed E-state index contributed by atoms with van der Waals surface area (Å²) in [6.45, 7) is 1.75. The third-order valence-corrected chi connectivity index (χ3v) is 3.59. The second-order valence-electron chi connectivity index (χ2n) is 5.67. The third-order valence-electron chi connectivity index (χ3n) is 3.59. The first-order valence-electron chi connectivity index (χ1n) is 8.58. The zero-order chi connectivity index (χ0) is 21.2. The number of aromatic carboxylic acids is 1. The third kappa shape index (κ3) is 6.52. The van der Waals surface area contributed by atoms with Crippen molar-refractivity contribution in [1.82, 2.24) is 0 Å². The van der Waals surface area contributed by atoms with Crippen LogP contribution in [0.5, 0.6) is 5.75 Å². The summed E-state index contributed by atoms with van der Waals surface area (Å²) in [5, 5.41) is 20.8. The molecule has 0 saturated carbocycles. The Kier molecular flexibility index (Phi) is 7.51. The summed E-state index contributed by atoms with van der Waals surface area (Å²) in [7, 11) is 0. The Hall–Kier alpha value is -4.12. The van der Waals surface area contributed by atoms with E-state index in [9.17, 15) is 19.6 Å². The molecule has 0 heterocycles. The van der Waals surface area contributed by atoms with Crippen molar-refractivity contribution in [2.45, 2.75) is 6.92 Å². The molecular weight excluding hydrogens is 376 g/mol. The first kappa shape index (κ1) is 21.2. The van der Waals surface area contributed by atoms with Gasteiger partial charge in [-0.15, -0.1) is 0 Å². The van der Waals surface area contributed by atoms with E-state index in [-0.39, 0.29) is 30.0 Å². The lowest BCUT2D eigenvalue weighted by Crippen LogP contribution is -2.14. The second-order valence-corrected chi connectivity index (χ2v) is 5.67. The smallest absolute Gasteiger partial charge is 0.344 e. The van der Waals surface area contributed by atoms with Gasteiger partial charge in [0, 0.05) is 5.69 Å². The number of hydrogen-bond acceptors (Lipinski definition) is 6. The number of nitriles is 1. The van der Waals surface area contributed by atoms with Crippen LogP contribution in [0.2, 0.25) is 0 Å². The first-order chi connectivity index (χ1) is 13.9. The standard InChI is InChI=1S/C21H18N2O6/c1-2-28-19(24)13-29-18-8-6-14(7-9-18)10-16(12-22)20(25)23-17-5-3-4-15(11-17)21(26)27/h3-11H,2,13H2,1H3,(H,23,25)(H,26,27)/b16-10-. The summed E-state index contributed by atoms with van der Waals surface area (Å²) in [5.41, 5.74) is 0.688. The quantitative estimate of drug-likeness (QED) is 0.400. The van der Waals surface area contributed by atoms with Gasteiger partial charge in [-0.3, -0.25) is 4.79 Å². The Morgan fingerprint density at radius 2 is 1.90 bits per heavy atom. The molecule has 0 aliphatic rings. The molecule has 0 spiro atoms. The van der Waals surface area contributed by atoms with E-state index >= 15 is 0 Å². The van der Waals surface area contributed by atoms with E-state index in [0.29, 0.717) is 11.3 Å². The molecule has 0 unspecified atom stereocenters. The number of carbonyl (C=O) groups is 3. The predicted molar refractivity (Wildman–Crippen MR) is 104 cm³/mol. The lowest BCUT2D eigenvalue weighted by atomic mass is 10.1. The van der Waals surface area contributed by atoms with Gasteiger partial charge in [0.1, 0.15) is 17.4 Å². The van der Waals surface area contributed by atoms with Gasteiger partial charge in [-0.25, -0.2) is 9.59 Å². The highest BCUT2D eigenvalue weighted by atomic mass is 16.6. The number of amides is 1. The van der Waals surface area contributed by atoms with E-state index in [4.69, 9.17) is 14.6 Å². The molecule has 0 aliphatic heterocycles. The minimum Gasteiger partial charge on any atom is -0.482 e. The number of hydrogen-bond donors (Lipinski definition) is 2. The molecule has 0 bridgehead atoms. The van der Waals surface area contributed by atoms with E-state index in [1.807, 2.05) is 6.07 Å². The Bertz CT molecular complexity index is 973. The number of nitrogens with zero attached hydrogens (tertiary/aromatic N) is 1. The molecule has 2 aromatic carbocycles. The van der Waals surface area contributed by atoms with Gasteiger partial charge in [0.25, 0.3) is 5.91 Å². The fraction of sp³-hybridized carbons (Fsp3) is 0.143. The van der Waals surface area contributed by atoms with Crippen LogP contribution in [0.3, 0.4) is 0 Å². The minimum atomic E-state index is -1.12. The molecule has 0 radical (unpaired) electrons. The Balaban J connectivity index is 2.06. The van der Waals surface area contributed by atoms with Crippen molar-refractivity contribution in [2.75, 3.05) is 18.5 Å². The summed E-state index contributed by atoms with van der Waals surface area (Å²) in [5.74, 6) is -1.84. The molecular formula is C21H18N2O6. The van der Waals surface area contributed by atoms with Crippen LogP contribution >= 0.6 is 0 Å². The average molecular weight is 394 g/mol. The maximum atomic E-state index is 12.3. The molecule has 0 fully saturated rings. The van der Waals surface area contributed by atoms with Crippen LogP contribution < -0.4 is 10.1 Å². The van der Waals surface area contributed by atoms with Gasteiger partial charge >= 0.3 is 11.9 Å². The van der Waals surface area contributed by atoms with E-state index in [0.717, 1.165) is 0 Å². The minimum absolute atomic E-state index is 0.0173. The molecule has 0 atom stereocenters. The van der Waals surface area contributed by atoms with Gasteiger partial charge in [-0.1, -0.05) is 18.2 Å². The number of carbonyl (C=O) groups excluding carboxylic acids is 2. The maximum Gasteiger partial charge on any atom is 0.344 e. The van der Waals surface area contributed by atoms with Crippen LogP contribution in [0.4, 0.5) is 5.69 Å². The number of nitrogens with one attached hydrogen (secondary N) is 1. The molecule has 0 aliphatic carbocycles. The second kappa shape index (κ2) is 10.3. The molecule has 2 aromatic rings. The number of carboxylic acids is 1. The molecule has 0 saturated heterocycles. The van der Waals surface area contributed by atoms with Crippen LogP contribution in [0, 0.1) is 11.3 Å². The van der Waals surface area contributed by atoms with Crippen molar-refractivity contribution in [3.63, 3.8) is 0 Å². The molecule has 148 valence electrons. The number of ether oxygens (including phenoxy) is 2. The number of rotatable bonds is 8. The van der Waals surface area contributed by atoms with Crippen molar-refractivity contribution in [3.05, 3.63) is 65.2 Å². The van der Waals surface area contributed by atoms with Gasteiger partial charge in [-0.05, 0) is 48.9 Å². The Morgan fingerprint density at radius 3 is 2.52 bits per heavy atom. The topological polar surface area (TPSA) is 126 Å². The normalized spacial score (nSPS) is 10.6. The molecule has 2 rings (SSSR count). The fourth-order valence-electron chi connectivity index (χ4n) is 2.25. The zero-order valence-electron chi connectivity index (χ0n) is 15.5. The van der Waals surface area contributed by atoms with Crippen molar-refractivity contribution >= 4 is 29.6 Å². The average Bonchev–Trinajstić information content (AvgIpc) is 2.71. The van der Waals surface area contributed by atoms with Crippen molar-refractivity contribution < 1.29 is 29.0 Å².